The van der Waals surface area contributed by atoms with Crippen LogP contribution in [0.2, 0.25) is 5.02 Å². The summed E-state index contributed by atoms with van der Waals surface area (Å²) in [7, 11) is 0. The summed E-state index contributed by atoms with van der Waals surface area (Å²) in [5.41, 5.74) is 1.70. The van der Waals surface area contributed by atoms with E-state index < -0.39 is 0 Å². The summed E-state index contributed by atoms with van der Waals surface area (Å²) in [5.74, 6) is -0.134. The number of aryl methyl sites for hydroxylation is 1. The minimum Gasteiger partial charge on any atom is -0.351 e. The number of hydrogen-bond donors (Lipinski definition) is 1. The van der Waals surface area contributed by atoms with Gasteiger partial charge in [-0.2, -0.15) is 0 Å². The summed E-state index contributed by atoms with van der Waals surface area (Å²) < 4.78 is 0. The minimum absolute atomic E-state index is 0.0655. The number of halogens is 2. The average molecular weight is 302 g/mol. The molecule has 1 rings (SSSR count). The highest BCUT2D eigenvalue weighted by Crippen LogP contribution is 2.23. The molecule has 0 aliphatic rings. The van der Waals surface area contributed by atoms with Crippen LogP contribution < -0.4 is 5.32 Å². The Morgan fingerprint density at radius 2 is 1.95 bits per heavy atom. The lowest BCUT2D eigenvalue weighted by Gasteiger charge is -2.22. The van der Waals surface area contributed by atoms with Crippen molar-refractivity contribution in [2.45, 2.75) is 39.5 Å². The molecule has 1 unspecified atom stereocenters. The van der Waals surface area contributed by atoms with Gasteiger partial charge in [0.1, 0.15) is 0 Å². The highest BCUT2D eigenvalue weighted by atomic mass is 35.5. The van der Waals surface area contributed by atoms with Gasteiger partial charge >= 0.3 is 0 Å². The van der Waals surface area contributed by atoms with E-state index in [4.69, 9.17) is 23.2 Å². The maximum absolute atomic E-state index is 12.0. The molecule has 2 nitrogen and oxygen atoms in total. The van der Waals surface area contributed by atoms with Crippen molar-refractivity contribution in [2.24, 2.45) is 5.41 Å². The van der Waals surface area contributed by atoms with Gasteiger partial charge in [0.15, 0.2) is 0 Å². The van der Waals surface area contributed by atoms with Gasteiger partial charge in [-0.05, 0) is 42.5 Å². The van der Waals surface area contributed by atoms with E-state index >= 15 is 0 Å². The van der Waals surface area contributed by atoms with Crippen LogP contribution in [0.3, 0.4) is 0 Å². The summed E-state index contributed by atoms with van der Waals surface area (Å²) >= 11 is 12.2. The summed E-state index contributed by atoms with van der Waals surface area (Å²) in [4.78, 5) is 12.0. The molecule has 1 N–H and O–H groups in total. The normalized spacial score (nSPS) is 13.2. The van der Waals surface area contributed by atoms with Gasteiger partial charge in [-0.1, -0.05) is 32.4 Å². The number of hydrogen-bond acceptors (Lipinski definition) is 1. The summed E-state index contributed by atoms with van der Waals surface area (Å²) in [6.07, 6.45) is 0.851. The molecule has 0 saturated carbocycles. The number of rotatable bonds is 4. The van der Waals surface area contributed by atoms with Gasteiger partial charge in [0, 0.05) is 17.1 Å². The van der Waals surface area contributed by atoms with Crippen molar-refractivity contribution in [3.63, 3.8) is 0 Å². The lowest BCUT2D eigenvalue weighted by molar-refractivity contribution is 0.0952. The van der Waals surface area contributed by atoms with Crippen LogP contribution in [0.5, 0.6) is 0 Å². The molecule has 0 heterocycles. The van der Waals surface area contributed by atoms with Gasteiger partial charge < -0.3 is 5.32 Å². The summed E-state index contributed by atoms with van der Waals surface area (Å²) in [6, 6.07) is 5.30. The van der Waals surface area contributed by atoms with Crippen molar-refractivity contribution < 1.29 is 4.79 Å². The largest absolute Gasteiger partial charge is 0.351 e. The first kappa shape index (κ1) is 16.3. The number of alkyl halides is 1. The van der Waals surface area contributed by atoms with Crippen LogP contribution in [0.1, 0.15) is 43.1 Å². The Kier molecular flexibility index (Phi) is 5.69. The zero-order valence-corrected chi connectivity index (χ0v) is 13.4. The number of carbonyl (C=O) groups excluding carboxylic acids is 1. The minimum atomic E-state index is -0.134. The maximum atomic E-state index is 12.0. The Bertz CT molecular complexity index is 432. The lowest BCUT2D eigenvalue weighted by atomic mass is 9.90. The Morgan fingerprint density at radius 3 is 2.47 bits per heavy atom. The molecule has 1 aromatic carbocycles. The molecule has 0 radical (unpaired) electrons. The van der Waals surface area contributed by atoms with Gasteiger partial charge in [0.05, 0.1) is 5.38 Å². The highest BCUT2D eigenvalue weighted by molar-refractivity contribution is 6.31. The van der Waals surface area contributed by atoms with Crippen molar-refractivity contribution in [1.82, 2.24) is 5.32 Å². The second-order valence-corrected chi connectivity index (χ2v) is 7.14. The van der Waals surface area contributed by atoms with Gasteiger partial charge in [0.25, 0.3) is 5.91 Å². The van der Waals surface area contributed by atoms with Crippen molar-refractivity contribution in [2.75, 3.05) is 6.54 Å². The topological polar surface area (TPSA) is 29.1 Å². The molecular weight excluding hydrogens is 281 g/mol. The van der Waals surface area contributed by atoms with Crippen LogP contribution >= 0.6 is 23.2 Å². The molecule has 0 fully saturated rings. The van der Waals surface area contributed by atoms with Crippen LogP contribution in [0, 0.1) is 12.3 Å². The zero-order chi connectivity index (χ0) is 14.6. The number of benzene rings is 1. The second kappa shape index (κ2) is 6.62. The molecule has 1 amide bonds. The van der Waals surface area contributed by atoms with Gasteiger partial charge in [-0.25, -0.2) is 0 Å². The van der Waals surface area contributed by atoms with Gasteiger partial charge in [0.2, 0.25) is 0 Å². The van der Waals surface area contributed by atoms with E-state index in [1.165, 1.54) is 0 Å². The standard InChI is InChI=1S/C15H21Cl2NO/c1-10-5-11(7-12(16)6-10)14(19)18-9-13(17)8-15(2,3)4/h5-7,13H,8-9H2,1-4H3,(H,18,19). The number of nitrogens with one attached hydrogen (secondary N) is 1. The lowest BCUT2D eigenvalue weighted by Crippen LogP contribution is -2.31. The van der Waals surface area contributed by atoms with Crippen LogP contribution in [0.4, 0.5) is 0 Å². The Hall–Kier alpha value is -0.730. The molecule has 106 valence electrons. The van der Waals surface area contributed by atoms with E-state index in [0.29, 0.717) is 17.1 Å². The molecule has 0 aliphatic heterocycles. The molecular formula is C15H21Cl2NO. The second-order valence-electron chi connectivity index (χ2n) is 6.09. The van der Waals surface area contributed by atoms with Crippen molar-refractivity contribution in [3.05, 3.63) is 34.3 Å². The molecule has 1 aromatic rings. The third-order valence-corrected chi connectivity index (χ3v) is 3.15. The van der Waals surface area contributed by atoms with E-state index in [1.807, 2.05) is 19.1 Å². The predicted octanol–water partition coefficient (Wildman–Crippen LogP) is 4.42. The third-order valence-electron chi connectivity index (χ3n) is 2.62. The van der Waals surface area contributed by atoms with Crippen LogP contribution in [-0.4, -0.2) is 17.8 Å². The monoisotopic (exact) mass is 301 g/mol. The molecule has 0 aromatic heterocycles. The fourth-order valence-electron chi connectivity index (χ4n) is 1.91. The van der Waals surface area contributed by atoms with E-state index in [9.17, 15) is 4.79 Å². The van der Waals surface area contributed by atoms with Crippen molar-refractivity contribution >= 4 is 29.1 Å². The smallest absolute Gasteiger partial charge is 0.251 e. The Morgan fingerprint density at radius 1 is 1.32 bits per heavy atom. The first-order chi connectivity index (χ1) is 8.67. The molecule has 0 saturated heterocycles. The molecule has 19 heavy (non-hydrogen) atoms. The molecule has 4 heteroatoms. The van der Waals surface area contributed by atoms with E-state index in [-0.39, 0.29) is 16.7 Å². The number of carbonyl (C=O) groups is 1. The van der Waals surface area contributed by atoms with Gasteiger partial charge in [-0.3, -0.25) is 4.79 Å². The fourth-order valence-corrected chi connectivity index (χ4v) is 2.74. The SMILES string of the molecule is Cc1cc(Cl)cc(C(=O)NCC(Cl)CC(C)(C)C)c1. The molecule has 0 bridgehead atoms. The van der Waals surface area contributed by atoms with Crippen LogP contribution in [0.15, 0.2) is 18.2 Å². The Labute approximate surface area is 125 Å². The first-order valence-corrected chi connectivity index (χ1v) is 7.18. The average Bonchev–Trinajstić information content (AvgIpc) is 2.22. The summed E-state index contributed by atoms with van der Waals surface area (Å²) in [6.45, 7) is 8.76. The van der Waals surface area contributed by atoms with E-state index in [0.717, 1.165) is 12.0 Å². The maximum Gasteiger partial charge on any atom is 0.251 e. The predicted molar refractivity (Wildman–Crippen MR) is 82.2 cm³/mol. The van der Waals surface area contributed by atoms with Crippen molar-refractivity contribution in [3.8, 4) is 0 Å². The van der Waals surface area contributed by atoms with E-state index in [2.05, 4.69) is 26.1 Å². The zero-order valence-electron chi connectivity index (χ0n) is 11.9. The van der Waals surface area contributed by atoms with Crippen molar-refractivity contribution in [1.29, 1.82) is 0 Å². The van der Waals surface area contributed by atoms with Crippen LogP contribution in [0.25, 0.3) is 0 Å². The fraction of sp³-hybridized carbons (Fsp3) is 0.533. The van der Waals surface area contributed by atoms with E-state index in [1.54, 1.807) is 6.07 Å². The third kappa shape index (κ3) is 6.31. The van der Waals surface area contributed by atoms with Gasteiger partial charge in [-0.15, -0.1) is 11.6 Å². The first-order valence-electron chi connectivity index (χ1n) is 6.37. The molecule has 0 aliphatic carbocycles. The molecule has 1 atom stereocenters. The highest BCUT2D eigenvalue weighted by Gasteiger charge is 2.17. The van der Waals surface area contributed by atoms with Crippen LogP contribution in [-0.2, 0) is 0 Å². The summed E-state index contributed by atoms with van der Waals surface area (Å²) in [5, 5.41) is 3.35. The molecule has 0 spiro atoms. The number of amides is 1. The quantitative estimate of drug-likeness (QED) is 0.819. The Balaban J connectivity index is 2.56.